The molecule has 0 fully saturated rings. The first-order valence-corrected chi connectivity index (χ1v) is 9.79. The van der Waals surface area contributed by atoms with Gasteiger partial charge in [0.1, 0.15) is 16.8 Å². The monoisotopic (exact) mass is 463 g/mol. The lowest BCUT2D eigenvalue weighted by molar-refractivity contribution is -0.143. The van der Waals surface area contributed by atoms with Gasteiger partial charge in [0.2, 0.25) is 5.78 Å². The zero-order valence-electron chi connectivity index (χ0n) is 15.5. The summed E-state index contributed by atoms with van der Waals surface area (Å²) < 4.78 is 60.7. The summed E-state index contributed by atoms with van der Waals surface area (Å²) in [5.41, 5.74) is -2.72. The Kier molecular flexibility index (Phi) is 6.14. The fraction of sp³-hybridized carbons (Fsp3) is 0.278. The zero-order valence-corrected chi connectivity index (χ0v) is 17.1. The Morgan fingerprint density at radius 3 is 2.67 bits per heavy atom. The van der Waals surface area contributed by atoms with E-state index in [0.29, 0.717) is 15.0 Å². The van der Waals surface area contributed by atoms with E-state index < -0.39 is 40.2 Å². The number of benzene rings is 1. The topological polar surface area (TPSA) is 65.6 Å². The number of hydrogen-bond donors (Lipinski definition) is 0. The van der Waals surface area contributed by atoms with Crippen molar-refractivity contribution in [2.45, 2.75) is 30.2 Å². The van der Waals surface area contributed by atoms with Crippen LogP contribution in [0.5, 0.6) is 0 Å². The highest BCUT2D eigenvalue weighted by Crippen LogP contribution is 2.35. The highest BCUT2D eigenvalue weighted by molar-refractivity contribution is 8.00. The summed E-state index contributed by atoms with van der Waals surface area (Å²) in [7, 11) is 0. The molecule has 1 aromatic carbocycles. The van der Waals surface area contributed by atoms with Crippen LogP contribution in [-0.2, 0) is 15.7 Å². The lowest BCUT2D eigenvalue weighted by Gasteiger charge is -2.16. The lowest BCUT2D eigenvalue weighted by Crippen LogP contribution is -2.26. The zero-order chi connectivity index (χ0) is 22.2. The number of carbonyl (C=O) groups is 1. The maximum absolute atomic E-state index is 14.7. The SMILES string of the molecule is CCOC(=O)C(C)Sc1cc(-n2c(=O)cc(C(F)(F)F)n3ccnc23)c(F)cc1Cl. The fourth-order valence-corrected chi connectivity index (χ4v) is 3.90. The molecule has 0 amide bonds. The third kappa shape index (κ3) is 4.17. The normalized spacial score (nSPS) is 12.9. The number of rotatable bonds is 5. The van der Waals surface area contributed by atoms with E-state index in [4.69, 9.17) is 16.3 Å². The summed E-state index contributed by atoms with van der Waals surface area (Å²) in [6.07, 6.45) is -2.74. The van der Waals surface area contributed by atoms with Crippen LogP contribution in [0.1, 0.15) is 19.5 Å². The van der Waals surface area contributed by atoms with Gasteiger partial charge in [-0.2, -0.15) is 13.2 Å². The van der Waals surface area contributed by atoms with Crippen molar-refractivity contribution in [3.05, 3.63) is 57.5 Å². The fourth-order valence-electron chi connectivity index (χ4n) is 2.72. The number of fused-ring (bicyclic) bond motifs is 1. The molecule has 2 aromatic heterocycles. The number of aromatic nitrogens is 3. The lowest BCUT2D eigenvalue weighted by atomic mass is 10.3. The summed E-state index contributed by atoms with van der Waals surface area (Å²) in [6, 6.07) is 2.46. The molecule has 0 aliphatic heterocycles. The molecular weight excluding hydrogens is 450 g/mol. The Morgan fingerprint density at radius 2 is 2.03 bits per heavy atom. The van der Waals surface area contributed by atoms with Crippen molar-refractivity contribution in [1.29, 1.82) is 0 Å². The first-order chi connectivity index (χ1) is 14.0. The second-order valence-electron chi connectivity index (χ2n) is 6.04. The second kappa shape index (κ2) is 8.31. The molecule has 1 unspecified atom stereocenters. The molecule has 0 radical (unpaired) electrons. The summed E-state index contributed by atoms with van der Waals surface area (Å²) in [5, 5.41) is -0.728. The molecule has 1 atom stereocenters. The highest BCUT2D eigenvalue weighted by Gasteiger charge is 2.35. The van der Waals surface area contributed by atoms with Gasteiger partial charge >= 0.3 is 12.1 Å². The van der Waals surface area contributed by atoms with E-state index in [1.165, 1.54) is 6.07 Å². The van der Waals surface area contributed by atoms with Crippen LogP contribution < -0.4 is 5.56 Å². The third-order valence-corrected chi connectivity index (χ3v) is 5.58. The molecule has 160 valence electrons. The molecule has 0 aliphatic rings. The van der Waals surface area contributed by atoms with Crippen LogP contribution in [0.25, 0.3) is 11.5 Å². The molecule has 0 aliphatic carbocycles. The molecule has 2 heterocycles. The van der Waals surface area contributed by atoms with Crippen molar-refractivity contribution in [2.75, 3.05) is 6.61 Å². The van der Waals surface area contributed by atoms with Gasteiger partial charge in [-0.1, -0.05) is 11.6 Å². The van der Waals surface area contributed by atoms with Gasteiger partial charge in [-0.3, -0.25) is 14.0 Å². The van der Waals surface area contributed by atoms with Crippen molar-refractivity contribution in [1.82, 2.24) is 14.0 Å². The Bertz CT molecular complexity index is 1180. The van der Waals surface area contributed by atoms with Crippen molar-refractivity contribution in [3.63, 3.8) is 0 Å². The number of thioether (sulfide) groups is 1. The molecule has 0 saturated carbocycles. The van der Waals surface area contributed by atoms with Gasteiger partial charge in [0.05, 0.1) is 17.3 Å². The van der Waals surface area contributed by atoms with Crippen LogP contribution in [0.15, 0.2) is 40.3 Å². The van der Waals surface area contributed by atoms with Crippen molar-refractivity contribution in [2.24, 2.45) is 0 Å². The average Bonchev–Trinajstić information content (AvgIpc) is 3.12. The number of ether oxygens (including phenoxy) is 1. The van der Waals surface area contributed by atoms with E-state index in [1.54, 1.807) is 13.8 Å². The minimum atomic E-state index is -4.81. The number of imidazole rings is 1. The summed E-state index contributed by atoms with van der Waals surface area (Å²) in [4.78, 5) is 28.4. The van der Waals surface area contributed by atoms with Gasteiger partial charge in [-0.15, -0.1) is 11.8 Å². The summed E-state index contributed by atoms with van der Waals surface area (Å²) in [5.74, 6) is -1.89. The van der Waals surface area contributed by atoms with E-state index >= 15 is 0 Å². The van der Waals surface area contributed by atoms with Crippen LogP contribution in [-0.4, -0.2) is 31.8 Å². The largest absolute Gasteiger partial charge is 0.465 e. The Labute approximate surface area is 176 Å². The van der Waals surface area contributed by atoms with Crippen LogP contribution in [0, 0.1) is 5.82 Å². The first-order valence-electron chi connectivity index (χ1n) is 8.53. The molecule has 6 nitrogen and oxygen atoms in total. The van der Waals surface area contributed by atoms with Gasteiger partial charge in [0.25, 0.3) is 5.56 Å². The first kappa shape index (κ1) is 22.2. The molecule has 3 rings (SSSR count). The molecular formula is C18H14ClF4N3O3S. The molecule has 0 saturated heterocycles. The predicted molar refractivity (Wildman–Crippen MR) is 103 cm³/mol. The predicted octanol–water partition coefficient (Wildman–Crippen LogP) is 4.34. The summed E-state index contributed by atoms with van der Waals surface area (Å²) >= 11 is 7.03. The van der Waals surface area contributed by atoms with E-state index in [0.717, 1.165) is 30.2 Å². The Morgan fingerprint density at radius 1 is 1.33 bits per heavy atom. The van der Waals surface area contributed by atoms with E-state index in [2.05, 4.69) is 4.98 Å². The molecule has 0 N–H and O–H groups in total. The smallest absolute Gasteiger partial charge is 0.432 e. The van der Waals surface area contributed by atoms with Gasteiger partial charge in [-0.25, -0.2) is 13.9 Å². The van der Waals surface area contributed by atoms with Crippen LogP contribution in [0.4, 0.5) is 17.6 Å². The maximum Gasteiger partial charge on any atom is 0.432 e. The molecule has 3 aromatic rings. The van der Waals surface area contributed by atoms with Crippen molar-refractivity contribution in [3.8, 4) is 5.69 Å². The quantitative estimate of drug-likeness (QED) is 0.320. The maximum atomic E-state index is 14.7. The van der Waals surface area contributed by atoms with E-state index in [-0.39, 0.29) is 22.2 Å². The molecule has 12 heteroatoms. The van der Waals surface area contributed by atoms with E-state index in [9.17, 15) is 27.2 Å². The van der Waals surface area contributed by atoms with Crippen molar-refractivity contribution < 1.29 is 27.1 Å². The van der Waals surface area contributed by atoms with Gasteiger partial charge in [0.15, 0.2) is 0 Å². The standard InChI is InChI=1S/C18H14ClF4N3O3S/c1-3-29-16(28)9(2)30-13-7-12(11(20)6-10(13)19)26-15(27)8-14(18(21,22)23)25-5-4-24-17(25)26/h4-9H,3H2,1-2H3. The van der Waals surface area contributed by atoms with Gasteiger partial charge in [-0.05, 0) is 26.0 Å². The average molecular weight is 464 g/mol. The van der Waals surface area contributed by atoms with Gasteiger partial charge in [0, 0.05) is 23.4 Å². The molecule has 0 bridgehead atoms. The third-order valence-electron chi connectivity index (χ3n) is 4.02. The van der Waals surface area contributed by atoms with E-state index in [1.807, 2.05) is 0 Å². The number of carbonyl (C=O) groups excluding carboxylic acids is 1. The number of hydrogen-bond acceptors (Lipinski definition) is 5. The highest BCUT2D eigenvalue weighted by atomic mass is 35.5. The molecule has 0 spiro atoms. The second-order valence-corrected chi connectivity index (χ2v) is 7.83. The van der Waals surface area contributed by atoms with Crippen molar-refractivity contribution >= 4 is 35.1 Å². The minimum absolute atomic E-state index is 0.0308. The van der Waals surface area contributed by atoms with Crippen LogP contribution in [0.3, 0.4) is 0 Å². The molecule has 30 heavy (non-hydrogen) atoms. The number of alkyl halides is 3. The van der Waals surface area contributed by atoms with Crippen LogP contribution >= 0.6 is 23.4 Å². The number of esters is 1. The Balaban J connectivity index is 2.17. The minimum Gasteiger partial charge on any atom is -0.465 e. The number of halogens is 5. The Hall–Kier alpha value is -2.53. The van der Waals surface area contributed by atoms with Crippen LogP contribution in [0.2, 0.25) is 5.02 Å². The summed E-state index contributed by atoms with van der Waals surface area (Å²) in [6.45, 7) is 3.37. The number of nitrogens with zero attached hydrogens (tertiary/aromatic N) is 3. The van der Waals surface area contributed by atoms with Gasteiger partial charge < -0.3 is 4.74 Å².